The van der Waals surface area contributed by atoms with E-state index in [0.717, 1.165) is 17.1 Å². The van der Waals surface area contributed by atoms with Crippen LogP contribution in [0.25, 0.3) is 5.69 Å². The molecule has 5 nitrogen and oxygen atoms in total. The fourth-order valence-corrected chi connectivity index (χ4v) is 2.77. The molecule has 3 aromatic rings. The van der Waals surface area contributed by atoms with Crippen molar-refractivity contribution in [3.05, 3.63) is 58.0 Å². The summed E-state index contributed by atoms with van der Waals surface area (Å²) in [4.78, 5) is 1.17. The highest BCUT2D eigenvalue weighted by atomic mass is 32.1. The van der Waals surface area contributed by atoms with Crippen molar-refractivity contribution in [2.75, 3.05) is 7.11 Å². The predicted octanol–water partition coefficient (Wildman–Crippen LogP) is 2.80. The maximum absolute atomic E-state index is 9.21. The molecule has 6 heteroatoms. The van der Waals surface area contributed by atoms with Gasteiger partial charge < -0.3 is 4.74 Å². The van der Waals surface area contributed by atoms with Crippen molar-refractivity contribution in [1.29, 1.82) is 5.26 Å². The fourth-order valence-electron chi connectivity index (χ4n) is 2.06. The summed E-state index contributed by atoms with van der Waals surface area (Å²) < 4.78 is 6.86. The molecule has 0 aliphatic heterocycles. The Morgan fingerprint density at radius 1 is 1.29 bits per heavy atom. The average Bonchev–Trinajstić information content (AvgIpc) is 3.17. The van der Waals surface area contributed by atoms with Crippen LogP contribution in [0.4, 0.5) is 0 Å². The van der Waals surface area contributed by atoms with Crippen LogP contribution in [-0.2, 0) is 6.42 Å². The van der Waals surface area contributed by atoms with Gasteiger partial charge in [0.1, 0.15) is 11.8 Å². The highest BCUT2D eigenvalue weighted by Crippen LogP contribution is 2.21. The van der Waals surface area contributed by atoms with Gasteiger partial charge in [-0.2, -0.15) is 5.26 Å². The highest BCUT2D eigenvalue weighted by molar-refractivity contribution is 7.09. The maximum atomic E-state index is 9.21. The Hall–Kier alpha value is -2.65. The first-order valence-electron chi connectivity index (χ1n) is 6.33. The zero-order chi connectivity index (χ0) is 14.7. The van der Waals surface area contributed by atoms with E-state index in [0.29, 0.717) is 12.1 Å². The quantitative estimate of drug-likeness (QED) is 0.742. The number of nitrogens with zero attached hydrogens (tertiary/aromatic N) is 4. The monoisotopic (exact) mass is 296 g/mol. The molecule has 3 rings (SSSR count). The van der Waals surface area contributed by atoms with Crippen LogP contribution in [0.3, 0.4) is 0 Å². The number of aromatic nitrogens is 3. The molecule has 0 aliphatic carbocycles. The molecule has 2 aromatic heterocycles. The second-order valence-corrected chi connectivity index (χ2v) is 5.39. The van der Waals surface area contributed by atoms with E-state index in [4.69, 9.17) is 4.74 Å². The first-order chi connectivity index (χ1) is 10.3. The van der Waals surface area contributed by atoms with Crippen molar-refractivity contribution in [2.24, 2.45) is 0 Å². The molecule has 0 fully saturated rings. The molecule has 0 aliphatic rings. The fraction of sp³-hybridized carbons (Fsp3) is 0.133. The number of thiophene rings is 1. The summed E-state index contributed by atoms with van der Waals surface area (Å²) >= 11 is 1.65. The van der Waals surface area contributed by atoms with Crippen molar-refractivity contribution < 1.29 is 4.74 Å². The van der Waals surface area contributed by atoms with Crippen molar-refractivity contribution in [2.45, 2.75) is 6.42 Å². The van der Waals surface area contributed by atoms with Crippen LogP contribution >= 0.6 is 11.3 Å². The average molecular weight is 296 g/mol. The summed E-state index contributed by atoms with van der Waals surface area (Å²) in [6.07, 6.45) is 0.638. The van der Waals surface area contributed by atoms with Crippen LogP contribution in [-0.4, -0.2) is 22.1 Å². The van der Waals surface area contributed by atoms with Gasteiger partial charge in [0.15, 0.2) is 5.69 Å². The molecule has 1 aromatic carbocycles. The van der Waals surface area contributed by atoms with Gasteiger partial charge in [-0.1, -0.05) is 11.3 Å². The molecule has 2 heterocycles. The van der Waals surface area contributed by atoms with Gasteiger partial charge in [-0.05, 0) is 35.7 Å². The van der Waals surface area contributed by atoms with Crippen LogP contribution in [0.2, 0.25) is 0 Å². The molecule has 0 unspecified atom stereocenters. The van der Waals surface area contributed by atoms with Gasteiger partial charge in [0.2, 0.25) is 0 Å². The summed E-state index contributed by atoms with van der Waals surface area (Å²) in [5.74, 6) is 0.777. The number of ether oxygens (including phenoxy) is 1. The van der Waals surface area contributed by atoms with E-state index >= 15 is 0 Å². The summed E-state index contributed by atoms with van der Waals surface area (Å²) in [5, 5.41) is 19.3. The Kier molecular flexibility index (Phi) is 3.67. The third-order valence-corrected chi connectivity index (χ3v) is 3.98. The van der Waals surface area contributed by atoms with Gasteiger partial charge in [0.25, 0.3) is 0 Å². The Bertz CT molecular complexity index is 769. The number of methoxy groups -OCH3 is 1. The smallest absolute Gasteiger partial charge is 0.186 e. The molecule has 0 N–H and O–H groups in total. The Labute approximate surface area is 126 Å². The van der Waals surface area contributed by atoms with E-state index in [1.807, 2.05) is 41.8 Å². The second kappa shape index (κ2) is 5.77. The van der Waals surface area contributed by atoms with E-state index < -0.39 is 0 Å². The van der Waals surface area contributed by atoms with Crippen molar-refractivity contribution in [3.63, 3.8) is 0 Å². The van der Waals surface area contributed by atoms with E-state index in [1.165, 1.54) is 4.88 Å². The zero-order valence-corrected chi connectivity index (χ0v) is 12.2. The third-order valence-electron chi connectivity index (χ3n) is 3.11. The van der Waals surface area contributed by atoms with Gasteiger partial charge in [0, 0.05) is 11.3 Å². The van der Waals surface area contributed by atoms with E-state index in [9.17, 15) is 5.26 Å². The number of nitriles is 1. The molecule has 0 atom stereocenters. The van der Waals surface area contributed by atoms with Gasteiger partial charge in [0.05, 0.1) is 18.5 Å². The van der Waals surface area contributed by atoms with Gasteiger partial charge in [-0.25, -0.2) is 4.68 Å². The third kappa shape index (κ3) is 2.64. The summed E-state index contributed by atoms with van der Waals surface area (Å²) in [7, 11) is 1.63. The normalized spacial score (nSPS) is 10.3. The van der Waals surface area contributed by atoms with Crippen LogP contribution < -0.4 is 4.74 Å². The van der Waals surface area contributed by atoms with E-state index in [1.54, 1.807) is 23.1 Å². The minimum absolute atomic E-state index is 0.360. The van der Waals surface area contributed by atoms with Gasteiger partial charge in [-0.3, -0.25) is 0 Å². The zero-order valence-electron chi connectivity index (χ0n) is 11.4. The van der Waals surface area contributed by atoms with Crippen LogP contribution in [0.15, 0.2) is 41.8 Å². The van der Waals surface area contributed by atoms with Crippen molar-refractivity contribution >= 4 is 11.3 Å². The standard InChI is InChI=1S/C15H12N4OS/c1-20-12-6-4-11(5-7-12)19-15(14(10-16)17-18-19)9-13-3-2-8-21-13/h2-8H,9H2,1H3. The first kappa shape index (κ1) is 13.3. The summed E-state index contributed by atoms with van der Waals surface area (Å²) in [6.45, 7) is 0. The maximum Gasteiger partial charge on any atom is 0.186 e. The molecule has 0 radical (unpaired) electrons. The number of hydrogen-bond acceptors (Lipinski definition) is 5. The van der Waals surface area contributed by atoms with Crippen molar-refractivity contribution in [3.8, 4) is 17.5 Å². The Morgan fingerprint density at radius 3 is 2.71 bits per heavy atom. The largest absolute Gasteiger partial charge is 0.497 e. The Morgan fingerprint density at radius 2 is 2.10 bits per heavy atom. The summed E-state index contributed by atoms with van der Waals surface area (Å²) in [6, 6.07) is 13.6. The van der Waals surface area contributed by atoms with Crippen LogP contribution in [0.1, 0.15) is 16.3 Å². The number of rotatable bonds is 4. The molecule has 21 heavy (non-hydrogen) atoms. The van der Waals surface area contributed by atoms with Crippen LogP contribution in [0, 0.1) is 11.3 Å². The van der Waals surface area contributed by atoms with Gasteiger partial charge in [-0.15, -0.1) is 16.4 Å². The van der Waals surface area contributed by atoms with E-state index in [-0.39, 0.29) is 0 Å². The lowest BCUT2D eigenvalue weighted by Crippen LogP contribution is -2.03. The molecule has 0 saturated carbocycles. The van der Waals surface area contributed by atoms with E-state index in [2.05, 4.69) is 16.4 Å². The molecule has 0 amide bonds. The number of hydrogen-bond donors (Lipinski definition) is 0. The molecular formula is C15H12N4OS. The lowest BCUT2D eigenvalue weighted by Gasteiger charge is -2.06. The molecule has 0 spiro atoms. The number of benzene rings is 1. The molecule has 104 valence electrons. The minimum atomic E-state index is 0.360. The SMILES string of the molecule is COc1ccc(-n2nnc(C#N)c2Cc2cccs2)cc1. The molecule has 0 bridgehead atoms. The Balaban J connectivity index is 2.01. The topological polar surface area (TPSA) is 63.7 Å². The first-order valence-corrected chi connectivity index (χ1v) is 7.21. The van der Waals surface area contributed by atoms with Crippen molar-refractivity contribution in [1.82, 2.24) is 15.0 Å². The summed E-state index contributed by atoms with van der Waals surface area (Å²) in [5.41, 5.74) is 2.01. The highest BCUT2D eigenvalue weighted by Gasteiger charge is 2.15. The lowest BCUT2D eigenvalue weighted by molar-refractivity contribution is 0.414. The predicted molar refractivity (Wildman–Crippen MR) is 79.8 cm³/mol. The minimum Gasteiger partial charge on any atom is -0.497 e. The molecular weight excluding hydrogens is 284 g/mol. The van der Waals surface area contributed by atoms with Crippen LogP contribution in [0.5, 0.6) is 5.75 Å². The van der Waals surface area contributed by atoms with Gasteiger partial charge >= 0.3 is 0 Å². The lowest BCUT2D eigenvalue weighted by atomic mass is 10.2. The second-order valence-electron chi connectivity index (χ2n) is 4.36. The molecule has 0 saturated heterocycles.